The Hall–Kier alpha value is -2.36. The van der Waals surface area contributed by atoms with Crippen LogP contribution in [0.4, 0.5) is 0 Å². The summed E-state index contributed by atoms with van der Waals surface area (Å²) in [4.78, 5) is 15.4. The van der Waals surface area contributed by atoms with Gasteiger partial charge in [0, 0.05) is 25.5 Å². The average molecular weight is 254 g/mol. The first-order valence-electron chi connectivity index (χ1n) is 6.21. The first-order chi connectivity index (χ1) is 9.28. The van der Waals surface area contributed by atoms with E-state index in [4.69, 9.17) is 4.42 Å². The maximum absolute atomic E-state index is 10.8. The molecule has 0 saturated carbocycles. The van der Waals surface area contributed by atoms with Crippen LogP contribution in [0, 0.1) is 0 Å². The van der Waals surface area contributed by atoms with Crippen LogP contribution in [-0.2, 0) is 19.9 Å². The van der Waals surface area contributed by atoms with E-state index in [9.17, 15) is 4.79 Å². The molecule has 1 aromatic carbocycles. The van der Waals surface area contributed by atoms with Crippen LogP contribution in [0.1, 0.15) is 21.9 Å². The summed E-state index contributed by atoms with van der Waals surface area (Å²) in [6.07, 6.45) is 4.18. The molecule has 0 spiro atoms. The topological polar surface area (TPSA) is 48.0 Å². The monoisotopic (exact) mass is 254 g/mol. The number of hydrogen-bond acceptors (Lipinski definition) is 3. The Morgan fingerprint density at radius 2 is 2.21 bits per heavy atom. The Balaban J connectivity index is 1.91. The molecule has 2 heterocycles. The minimum atomic E-state index is 0.674. The van der Waals surface area contributed by atoms with Crippen molar-refractivity contribution in [2.24, 2.45) is 7.05 Å². The number of carbonyl (C=O) groups is 1. The van der Waals surface area contributed by atoms with E-state index in [-0.39, 0.29) is 0 Å². The SMILES string of the molecule is Cn1c(CCc2ccco2)nc2ccc(C=O)cc21. The Morgan fingerprint density at radius 1 is 1.32 bits per heavy atom. The van der Waals surface area contributed by atoms with Gasteiger partial charge >= 0.3 is 0 Å². The van der Waals surface area contributed by atoms with Crippen LogP contribution in [-0.4, -0.2) is 15.8 Å². The predicted molar refractivity (Wildman–Crippen MR) is 72.2 cm³/mol. The molecule has 0 amide bonds. The van der Waals surface area contributed by atoms with E-state index in [2.05, 4.69) is 4.98 Å². The maximum Gasteiger partial charge on any atom is 0.150 e. The number of rotatable bonds is 4. The second-order valence-electron chi connectivity index (χ2n) is 4.53. The van der Waals surface area contributed by atoms with Crippen LogP contribution >= 0.6 is 0 Å². The third kappa shape index (κ3) is 2.17. The molecule has 0 aliphatic heterocycles. The smallest absolute Gasteiger partial charge is 0.150 e. The first kappa shape index (κ1) is 11.7. The normalized spacial score (nSPS) is 11.0. The Kier molecular flexibility index (Phi) is 2.91. The number of imidazole rings is 1. The number of aldehydes is 1. The number of aryl methyl sites for hydroxylation is 3. The largest absolute Gasteiger partial charge is 0.469 e. The van der Waals surface area contributed by atoms with E-state index < -0.39 is 0 Å². The van der Waals surface area contributed by atoms with Gasteiger partial charge in [0.25, 0.3) is 0 Å². The van der Waals surface area contributed by atoms with Crippen molar-refractivity contribution < 1.29 is 9.21 Å². The number of benzene rings is 1. The van der Waals surface area contributed by atoms with Gasteiger partial charge in [0.05, 0.1) is 17.3 Å². The second kappa shape index (κ2) is 4.72. The van der Waals surface area contributed by atoms with Gasteiger partial charge in [-0.2, -0.15) is 0 Å². The Bertz CT molecular complexity index is 711. The van der Waals surface area contributed by atoms with Gasteiger partial charge < -0.3 is 8.98 Å². The predicted octanol–water partition coefficient (Wildman–Crippen LogP) is 2.76. The van der Waals surface area contributed by atoms with Crippen molar-refractivity contribution in [2.45, 2.75) is 12.8 Å². The third-order valence-electron chi connectivity index (χ3n) is 3.31. The van der Waals surface area contributed by atoms with Crippen molar-refractivity contribution in [2.75, 3.05) is 0 Å². The first-order valence-corrected chi connectivity index (χ1v) is 6.21. The van der Waals surface area contributed by atoms with Crippen molar-refractivity contribution in [1.29, 1.82) is 0 Å². The summed E-state index contributed by atoms with van der Waals surface area (Å²) in [7, 11) is 1.97. The van der Waals surface area contributed by atoms with Gasteiger partial charge in [-0.1, -0.05) is 0 Å². The summed E-state index contributed by atoms with van der Waals surface area (Å²) in [6, 6.07) is 9.40. The zero-order chi connectivity index (χ0) is 13.2. The summed E-state index contributed by atoms with van der Waals surface area (Å²) in [5.74, 6) is 1.95. The molecule has 96 valence electrons. The van der Waals surface area contributed by atoms with E-state index in [1.54, 1.807) is 12.3 Å². The molecular weight excluding hydrogens is 240 g/mol. The minimum Gasteiger partial charge on any atom is -0.469 e. The zero-order valence-electron chi connectivity index (χ0n) is 10.7. The molecule has 0 radical (unpaired) electrons. The highest BCUT2D eigenvalue weighted by Gasteiger charge is 2.09. The summed E-state index contributed by atoms with van der Waals surface area (Å²) in [5.41, 5.74) is 2.58. The van der Waals surface area contributed by atoms with E-state index in [1.165, 1.54) is 0 Å². The van der Waals surface area contributed by atoms with Crippen molar-refractivity contribution in [3.8, 4) is 0 Å². The van der Waals surface area contributed by atoms with E-state index in [0.29, 0.717) is 5.56 Å². The highest BCUT2D eigenvalue weighted by molar-refractivity contribution is 5.85. The van der Waals surface area contributed by atoms with Gasteiger partial charge in [-0.3, -0.25) is 4.79 Å². The number of aromatic nitrogens is 2. The fraction of sp³-hybridized carbons (Fsp3) is 0.200. The average Bonchev–Trinajstić information content (AvgIpc) is 3.05. The second-order valence-corrected chi connectivity index (χ2v) is 4.53. The Labute approximate surface area is 110 Å². The van der Waals surface area contributed by atoms with Crippen LogP contribution in [0.2, 0.25) is 0 Å². The molecule has 4 heteroatoms. The fourth-order valence-electron chi connectivity index (χ4n) is 2.24. The molecule has 3 rings (SSSR count). The lowest BCUT2D eigenvalue weighted by Crippen LogP contribution is -2.00. The van der Waals surface area contributed by atoms with Crippen LogP contribution in [0.15, 0.2) is 41.0 Å². The van der Waals surface area contributed by atoms with Crippen LogP contribution in [0.3, 0.4) is 0 Å². The molecule has 0 bridgehead atoms. The molecule has 2 aromatic heterocycles. The molecule has 0 unspecified atom stereocenters. The molecule has 0 aliphatic rings. The number of fused-ring (bicyclic) bond motifs is 1. The summed E-state index contributed by atoms with van der Waals surface area (Å²) in [5, 5.41) is 0. The van der Waals surface area contributed by atoms with Gasteiger partial charge in [0.2, 0.25) is 0 Å². The van der Waals surface area contributed by atoms with Gasteiger partial charge in [0.1, 0.15) is 17.9 Å². The Morgan fingerprint density at radius 3 is 2.95 bits per heavy atom. The highest BCUT2D eigenvalue weighted by atomic mass is 16.3. The summed E-state index contributed by atoms with van der Waals surface area (Å²) >= 11 is 0. The summed E-state index contributed by atoms with van der Waals surface area (Å²) in [6.45, 7) is 0. The molecule has 0 N–H and O–H groups in total. The molecular formula is C15H14N2O2. The van der Waals surface area contributed by atoms with Gasteiger partial charge in [-0.25, -0.2) is 4.98 Å². The van der Waals surface area contributed by atoms with Crippen LogP contribution in [0.5, 0.6) is 0 Å². The van der Waals surface area contributed by atoms with Crippen molar-refractivity contribution in [3.63, 3.8) is 0 Å². The van der Waals surface area contributed by atoms with Crippen molar-refractivity contribution in [3.05, 3.63) is 53.7 Å². The lowest BCUT2D eigenvalue weighted by atomic mass is 10.2. The van der Waals surface area contributed by atoms with Gasteiger partial charge in [0.15, 0.2) is 0 Å². The van der Waals surface area contributed by atoms with Crippen LogP contribution < -0.4 is 0 Å². The van der Waals surface area contributed by atoms with Crippen molar-refractivity contribution >= 4 is 17.3 Å². The van der Waals surface area contributed by atoms with E-state index >= 15 is 0 Å². The molecule has 4 nitrogen and oxygen atoms in total. The van der Waals surface area contributed by atoms with Gasteiger partial charge in [-0.15, -0.1) is 0 Å². The third-order valence-corrected chi connectivity index (χ3v) is 3.31. The van der Waals surface area contributed by atoms with Gasteiger partial charge in [-0.05, 0) is 30.3 Å². The molecule has 0 fully saturated rings. The molecule has 19 heavy (non-hydrogen) atoms. The van der Waals surface area contributed by atoms with E-state index in [1.807, 2.05) is 35.9 Å². The minimum absolute atomic E-state index is 0.674. The number of nitrogens with zero attached hydrogens (tertiary/aromatic N) is 2. The van der Waals surface area contributed by atoms with Crippen LogP contribution in [0.25, 0.3) is 11.0 Å². The molecule has 0 saturated heterocycles. The fourth-order valence-corrected chi connectivity index (χ4v) is 2.24. The standard InChI is InChI=1S/C15H14N2O2/c1-17-14-9-11(10-18)4-6-13(14)16-15(17)7-5-12-3-2-8-19-12/h2-4,6,8-10H,5,7H2,1H3. The maximum atomic E-state index is 10.8. The highest BCUT2D eigenvalue weighted by Crippen LogP contribution is 2.17. The molecule has 0 atom stereocenters. The quantitative estimate of drug-likeness (QED) is 0.673. The summed E-state index contributed by atoms with van der Waals surface area (Å²) < 4.78 is 7.36. The lowest BCUT2D eigenvalue weighted by Gasteiger charge is -2.01. The lowest BCUT2D eigenvalue weighted by molar-refractivity contribution is 0.112. The number of furan rings is 1. The molecule has 0 aliphatic carbocycles. The van der Waals surface area contributed by atoms with E-state index in [0.717, 1.165) is 41.7 Å². The molecule has 3 aromatic rings. The number of carbonyl (C=O) groups excluding carboxylic acids is 1. The number of hydrogen-bond donors (Lipinski definition) is 0. The van der Waals surface area contributed by atoms with Crippen molar-refractivity contribution in [1.82, 2.24) is 9.55 Å². The zero-order valence-corrected chi connectivity index (χ0v) is 10.7.